The zero-order chi connectivity index (χ0) is 20.4. The van der Waals surface area contributed by atoms with Crippen molar-refractivity contribution >= 4 is 22.7 Å². The molecule has 0 radical (unpaired) electrons. The topological polar surface area (TPSA) is 99.8 Å². The molecule has 7 nitrogen and oxygen atoms in total. The number of aromatic amines is 1. The molecule has 0 bridgehead atoms. The number of fused-ring (bicyclic) bond motifs is 1. The van der Waals surface area contributed by atoms with Crippen molar-refractivity contribution in [1.82, 2.24) is 26.0 Å². The molecule has 0 unspecified atom stereocenters. The van der Waals surface area contributed by atoms with Crippen LogP contribution in [0.3, 0.4) is 0 Å². The van der Waals surface area contributed by atoms with E-state index in [4.69, 9.17) is 0 Å². The zero-order valence-corrected chi connectivity index (χ0v) is 16.0. The number of nitrogens with zero attached hydrogens (tertiary/aromatic N) is 2. The maximum Gasteiger partial charge on any atom is 0.287 e. The molecule has 0 saturated carbocycles. The Bertz CT molecular complexity index is 1210. The Morgan fingerprint density at radius 2 is 1.62 bits per heavy atom. The number of pyridine rings is 1. The summed E-state index contributed by atoms with van der Waals surface area (Å²) in [6, 6.07) is 18.5. The quantitative estimate of drug-likeness (QED) is 0.471. The van der Waals surface area contributed by atoms with Gasteiger partial charge in [0.25, 0.3) is 11.8 Å². The molecule has 0 aliphatic carbocycles. The highest BCUT2D eigenvalue weighted by molar-refractivity contribution is 6.07. The highest BCUT2D eigenvalue weighted by Crippen LogP contribution is 2.19. The molecule has 0 atom stereocenters. The van der Waals surface area contributed by atoms with Gasteiger partial charge in [-0.25, -0.2) is 0 Å². The molecule has 4 rings (SSSR count). The van der Waals surface area contributed by atoms with Crippen LogP contribution in [-0.4, -0.2) is 27.0 Å². The number of aromatic nitrogens is 3. The molecule has 2 amide bonds. The molecule has 0 saturated heterocycles. The number of H-pyrrole nitrogens is 1. The first kappa shape index (κ1) is 18.4. The van der Waals surface area contributed by atoms with Crippen LogP contribution in [-0.2, 0) is 0 Å². The second-order valence-corrected chi connectivity index (χ2v) is 6.77. The molecule has 2 heterocycles. The normalized spacial score (nSPS) is 10.7. The predicted molar refractivity (Wildman–Crippen MR) is 110 cm³/mol. The van der Waals surface area contributed by atoms with E-state index in [1.165, 1.54) is 0 Å². The Labute approximate surface area is 167 Å². The second kappa shape index (κ2) is 7.55. The van der Waals surface area contributed by atoms with E-state index in [2.05, 4.69) is 26.0 Å². The van der Waals surface area contributed by atoms with Crippen LogP contribution in [0.1, 0.15) is 32.1 Å². The standard InChI is InChI=1S/C22H19N5O2/c1-13-7-9-15(10-8-13)19-12-20(25-24-19)22(29)27-26-21(28)17-11-14(2)23-18-6-4-3-5-16(17)18/h3-12H,1-2H3,(H,24,25)(H,26,28)(H,27,29). The van der Waals surface area contributed by atoms with Gasteiger partial charge in [0.2, 0.25) is 0 Å². The van der Waals surface area contributed by atoms with Gasteiger partial charge < -0.3 is 0 Å². The van der Waals surface area contributed by atoms with Crippen molar-refractivity contribution in [3.05, 3.63) is 83.2 Å². The van der Waals surface area contributed by atoms with Gasteiger partial charge in [0, 0.05) is 16.6 Å². The number of para-hydroxylation sites is 1. The number of rotatable bonds is 3. The fourth-order valence-electron chi connectivity index (χ4n) is 3.05. The lowest BCUT2D eigenvalue weighted by Gasteiger charge is -2.09. The predicted octanol–water partition coefficient (Wildman–Crippen LogP) is 3.32. The molecule has 3 N–H and O–H groups in total. The Morgan fingerprint density at radius 3 is 2.41 bits per heavy atom. The minimum absolute atomic E-state index is 0.247. The summed E-state index contributed by atoms with van der Waals surface area (Å²) < 4.78 is 0. The lowest BCUT2D eigenvalue weighted by Crippen LogP contribution is -2.41. The molecule has 7 heteroatoms. The van der Waals surface area contributed by atoms with Crippen molar-refractivity contribution in [2.75, 3.05) is 0 Å². The van der Waals surface area contributed by atoms with Crippen molar-refractivity contribution < 1.29 is 9.59 Å². The van der Waals surface area contributed by atoms with Gasteiger partial charge in [-0.3, -0.25) is 30.5 Å². The lowest BCUT2D eigenvalue weighted by molar-refractivity contribution is 0.0844. The summed E-state index contributed by atoms with van der Waals surface area (Å²) in [5.74, 6) is -0.905. The van der Waals surface area contributed by atoms with Gasteiger partial charge in [-0.05, 0) is 32.0 Å². The third kappa shape index (κ3) is 3.84. The summed E-state index contributed by atoms with van der Waals surface area (Å²) >= 11 is 0. The number of amides is 2. The number of hydrogen-bond acceptors (Lipinski definition) is 4. The summed E-state index contributed by atoms with van der Waals surface area (Å²) in [4.78, 5) is 29.4. The number of aryl methyl sites for hydroxylation is 2. The van der Waals surface area contributed by atoms with Crippen LogP contribution in [0, 0.1) is 13.8 Å². The number of benzene rings is 2. The maximum absolute atomic E-state index is 12.6. The zero-order valence-electron chi connectivity index (χ0n) is 16.0. The van der Waals surface area contributed by atoms with Crippen molar-refractivity contribution in [3.63, 3.8) is 0 Å². The van der Waals surface area contributed by atoms with E-state index in [9.17, 15) is 9.59 Å². The Kier molecular flexibility index (Phi) is 4.78. The van der Waals surface area contributed by atoms with Crippen molar-refractivity contribution in [3.8, 4) is 11.3 Å². The van der Waals surface area contributed by atoms with E-state index >= 15 is 0 Å². The van der Waals surface area contributed by atoms with Crippen LogP contribution in [0.4, 0.5) is 0 Å². The van der Waals surface area contributed by atoms with Gasteiger partial charge in [0.05, 0.1) is 16.8 Å². The summed E-state index contributed by atoms with van der Waals surface area (Å²) in [7, 11) is 0. The second-order valence-electron chi connectivity index (χ2n) is 6.77. The van der Waals surface area contributed by atoms with Gasteiger partial charge in [0.15, 0.2) is 0 Å². The van der Waals surface area contributed by atoms with Gasteiger partial charge in [-0.1, -0.05) is 48.0 Å². The van der Waals surface area contributed by atoms with Gasteiger partial charge in [-0.2, -0.15) is 5.10 Å². The van der Waals surface area contributed by atoms with E-state index in [0.29, 0.717) is 16.6 Å². The molecule has 0 fully saturated rings. The fraction of sp³-hybridized carbons (Fsp3) is 0.0909. The number of hydrazine groups is 1. The Hall–Kier alpha value is -4.00. The molecule has 0 spiro atoms. The third-order valence-electron chi connectivity index (χ3n) is 4.55. The monoisotopic (exact) mass is 385 g/mol. The highest BCUT2D eigenvalue weighted by atomic mass is 16.2. The first-order valence-electron chi connectivity index (χ1n) is 9.11. The van der Waals surface area contributed by atoms with Crippen LogP contribution in [0.25, 0.3) is 22.2 Å². The largest absolute Gasteiger partial charge is 0.287 e. The van der Waals surface area contributed by atoms with Crippen LogP contribution in [0.5, 0.6) is 0 Å². The van der Waals surface area contributed by atoms with Crippen LogP contribution >= 0.6 is 0 Å². The van der Waals surface area contributed by atoms with E-state index < -0.39 is 11.8 Å². The van der Waals surface area contributed by atoms with Crippen molar-refractivity contribution in [2.45, 2.75) is 13.8 Å². The van der Waals surface area contributed by atoms with E-state index in [1.807, 2.05) is 62.4 Å². The first-order chi connectivity index (χ1) is 14.0. The number of hydrogen-bond donors (Lipinski definition) is 3. The van der Waals surface area contributed by atoms with Crippen LogP contribution in [0.2, 0.25) is 0 Å². The minimum atomic E-state index is -0.487. The fourth-order valence-corrected chi connectivity index (χ4v) is 3.05. The molecule has 29 heavy (non-hydrogen) atoms. The number of carbonyl (C=O) groups excluding carboxylic acids is 2. The smallest absolute Gasteiger partial charge is 0.272 e. The molecule has 144 valence electrons. The Morgan fingerprint density at radius 1 is 0.897 bits per heavy atom. The van der Waals surface area contributed by atoms with Crippen molar-refractivity contribution in [1.29, 1.82) is 0 Å². The van der Waals surface area contributed by atoms with Gasteiger partial charge >= 0.3 is 0 Å². The number of nitrogens with one attached hydrogen (secondary N) is 3. The summed E-state index contributed by atoms with van der Waals surface area (Å²) in [5.41, 5.74) is 9.71. The Balaban J connectivity index is 1.48. The molecule has 0 aliphatic rings. The van der Waals surface area contributed by atoms with E-state index in [-0.39, 0.29) is 5.69 Å². The molecule has 2 aromatic heterocycles. The molecule has 2 aromatic carbocycles. The minimum Gasteiger partial charge on any atom is -0.272 e. The maximum atomic E-state index is 12.6. The van der Waals surface area contributed by atoms with E-state index in [1.54, 1.807) is 12.1 Å². The molecule has 4 aromatic rings. The summed E-state index contributed by atoms with van der Waals surface area (Å²) in [5, 5.41) is 7.58. The van der Waals surface area contributed by atoms with Gasteiger partial charge in [0.1, 0.15) is 5.69 Å². The average molecular weight is 385 g/mol. The SMILES string of the molecule is Cc1ccc(-c2cc(C(=O)NNC(=O)c3cc(C)nc4ccccc34)[nH]n2)cc1. The van der Waals surface area contributed by atoms with Crippen LogP contribution < -0.4 is 10.9 Å². The van der Waals surface area contributed by atoms with Crippen LogP contribution in [0.15, 0.2) is 60.7 Å². The summed E-state index contributed by atoms with van der Waals surface area (Å²) in [6.45, 7) is 3.82. The van der Waals surface area contributed by atoms with E-state index in [0.717, 1.165) is 22.3 Å². The summed E-state index contributed by atoms with van der Waals surface area (Å²) in [6.07, 6.45) is 0. The third-order valence-corrected chi connectivity index (χ3v) is 4.55. The highest BCUT2D eigenvalue weighted by Gasteiger charge is 2.15. The van der Waals surface area contributed by atoms with Crippen molar-refractivity contribution in [2.24, 2.45) is 0 Å². The number of carbonyl (C=O) groups is 2. The first-order valence-corrected chi connectivity index (χ1v) is 9.11. The van der Waals surface area contributed by atoms with Gasteiger partial charge in [-0.15, -0.1) is 0 Å². The molecule has 0 aliphatic heterocycles. The average Bonchev–Trinajstić information content (AvgIpc) is 3.22. The molecular formula is C22H19N5O2. The molecular weight excluding hydrogens is 366 g/mol. The lowest BCUT2D eigenvalue weighted by atomic mass is 10.1.